The van der Waals surface area contributed by atoms with E-state index in [9.17, 15) is 4.79 Å². The average molecular weight is 327 g/mol. The van der Waals surface area contributed by atoms with Crippen molar-refractivity contribution in [3.63, 3.8) is 0 Å². The summed E-state index contributed by atoms with van der Waals surface area (Å²) >= 11 is 0. The van der Waals surface area contributed by atoms with E-state index in [0.29, 0.717) is 12.2 Å². The first-order valence-electron chi connectivity index (χ1n) is 8.72. The van der Waals surface area contributed by atoms with Crippen molar-refractivity contribution in [2.24, 2.45) is 0 Å². The molecule has 1 aliphatic heterocycles. The van der Waals surface area contributed by atoms with E-state index in [1.807, 2.05) is 42.2 Å². The summed E-state index contributed by atoms with van der Waals surface area (Å²) in [6.45, 7) is 6.24. The number of nitrogens with zero attached hydrogens (tertiary/aromatic N) is 2. The second kappa shape index (κ2) is 7.62. The maximum Gasteiger partial charge on any atom is 0.272 e. The quantitative estimate of drug-likeness (QED) is 0.884. The molecule has 1 amide bonds. The number of hydrogen-bond acceptors (Lipinski definition) is 3. The van der Waals surface area contributed by atoms with Gasteiger partial charge in [-0.25, -0.2) is 0 Å². The maximum atomic E-state index is 13.0. The lowest BCUT2D eigenvalue weighted by atomic mass is 10.1. The second-order valence-electron chi connectivity index (χ2n) is 6.32. The van der Waals surface area contributed by atoms with Gasteiger partial charge in [-0.15, -0.1) is 0 Å². The third-order valence-corrected chi connectivity index (χ3v) is 4.50. The molecule has 5 heteroatoms. The number of carbonyl (C=O) groups is 1. The van der Waals surface area contributed by atoms with Crippen LogP contribution in [-0.4, -0.2) is 46.8 Å². The smallest absolute Gasteiger partial charge is 0.272 e. The van der Waals surface area contributed by atoms with Gasteiger partial charge >= 0.3 is 0 Å². The van der Waals surface area contributed by atoms with Crippen molar-refractivity contribution in [1.82, 2.24) is 15.1 Å². The highest BCUT2D eigenvalue weighted by Crippen LogP contribution is 2.24. The molecular weight excluding hydrogens is 302 g/mol. The summed E-state index contributed by atoms with van der Waals surface area (Å²) in [6, 6.07) is 9.95. The van der Waals surface area contributed by atoms with E-state index in [1.165, 1.54) is 0 Å². The van der Waals surface area contributed by atoms with Crippen LogP contribution in [0.4, 0.5) is 0 Å². The van der Waals surface area contributed by atoms with Gasteiger partial charge in [0.15, 0.2) is 0 Å². The summed E-state index contributed by atoms with van der Waals surface area (Å²) in [5.74, 6) is 0.0135. The molecule has 0 saturated carbocycles. The minimum atomic E-state index is 0.0135. The molecule has 1 N–H and O–H groups in total. The van der Waals surface area contributed by atoms with Crippen molar-refractivity contribution in [1.29, 1.82) is 0 Å². The number of aromatic amines is 1. The number of nitrogens with one attached hydrogen (secondary N) is 1. The standard InChI is InChI=1S/C19H25N3O2/c1-3-11-22(13-16-10-7-12-24-16)19(23)18-14(2)17(20-21-18)15-8-5-4-6-9-15/h4-6,8-9,16H,3,7,10-13H2,1-2H3,(H,20,21)/t16-/m1/s1. The van der Waals surface area contributed by atoms with Gasteiger partial charge in [0.25, 0.3) is 5.91 Å². The number of hydrogen-bond donors (Lipinski definition) is 1. The lowest BCUT2D eigenvalue weighted by Crippen LogP contribution is -2.38. The van der Waals surface area contributed by atoms with Gasteiger partial charge in [0.05, 0.1) is 11.8 Å². The predicted molar refractivity (Wildman–Crippen MR) is 93.9 cm³/mol. The Morgan fingerprint density at radius 2 is 2.17 bits per heavy atom. The molecule has 0 bridgehead atoms. The molecule has 0 radical (unpaired) electrons. The summed E-state index contributed by atoms with van der Waals surface area (Å²) in [6.07, 6.45) is 3.21. The number of rotatable bonds is 6. The van der Waals surface area contributed by atoms with Crippen molar-refractivity contribution in [2.75, 3.05) is 19.7 Å². The van der Waals surface area contributed by atoms with Crippen LogP contribution < -0.4 is 0 Å². The minimum absolute atomic E-state index is 0.0135. The van der Waals surface area contributed by atoms with Gasteiger partial charge in [0.2, 0.25) is 0 Å². The van der Waals surface area contributed by atoms with E-state index in [1.54, 1.807) is 0 Å². The molecule has 0 aliphatic carbocycles. The zero-order chi connectivity index (χ0) is 16.9. The van der Waals surface area contributed by atoms with Crippen molar-refractivity contribution < 1.29 is 9.53 Å². The molecule has 1 fully saturated rings. The molecule has 128 valence electrons. The first-order chi connectivity index (χ1) is 11.7. The van der Waals surface area contributed by atoms with Gasteiger partial charge in [-0.3, -0.25) is 9.89 Å². The van der Waals surface area contributed by atoms with Gasteiger partial charge < -0.3 is 9.64 Å². The molecule has 1 atom stereocenters. The van der Waals surface area contributed by atoms with E-state index < -0.39 is 0 Å². The van der Waals surface area contributed by atoms with Gasteiger partial charge in [-0.1, -0.05) is 37.3 Å². The van der Waals surface area contributed by atoms with E-state index in [0.717, 1.165) is 49.2 Å². The molecule has 5 nitrogen and oxygen atoms in total. The van der Waals surface area contributed by atoms with E-state index in [2.05, 4.69) is 17.1 Å². The van der Waals surface area contributed by atoms with Crippen molar-refractivity contribution >= 4 is 5.91 Å². The van der Waals surface area contributed by atoms with Crippen LogP contribution in [-0.2, 0) is 4.74 Å². The zero-order valence-corrected chi connectivity index (χ0v) is 14.4. The Morgan fingerprint density at radius 3 is 2.83 bits per heavy atom. The van der Waals surface area contributed by atoms with Crippen molar-refractivity contribution in [3.05, 3.63) is 41.6 Å². The fourth-order valence-electron chi connectivity index (χ4n) is 3.22. The Labute approximate surface area is 143 Å². The highest BCUT2D eigenvalue weighted by atomic mass is 16.5. The summed E-state index contributed by atoms with van der Waals surface area (Å²) in [5.41, 5.74) is 3.35. The van der Waals surface area contributed by atoms with Crippen LogP contribution in [0.2, 0.25) is 0 Å². The molecule has 1 saturated heterocycles. The molecule has 1 aliphatic rings. The number of amides is 1. The van der Waals surface area contributed by atoms with Crippen LogP contribution in [0.5, 0.6) is 0 Å². The third-order valence-electron chi connectivity index (χ3n) is 4.50. The molecular formula is C19H25N3O2. The van der Waals surface area contributed by atoms with Crippen LogP contribution in [0.25, 0.3) is 11.3 Å². The summed E-state index contributed by atoms with van der Waals surface area (Å²) < 4.78 is 5.70. The molecule has 24 heavy (non-hydrogen) atoms. The monoisotopic (exact) mass is 327 g/mol. The van der Waals surface area contributed by atoms with Gasteiger partial charge in [-0.2, -0.15) is 5.10 Å². The molecule has 2 aromatic rings. The predicted octanol–water partition coefficient (Wildman–Crippen LogP) is 3.42. The van der Waals surface area contributed by atoms with Crippen LogP contribution in [0.15, 0.2) is 30.3 Å². The Morgan fingerprint density at radius 1 is 1.38 bits per heavy atom. The minimum Gasteiger partial charge on any atom is -0.376 e. The van der Waals surface area contributed by atoms with Crippen LogP contribution in [0.3, 0.4) is 0 Å². The highest BCUT2D eigenvalue weighted by Gasteiger charge is 2.26. The molecule has 0 spiro atoms. The van der Waals surface area contributed by atoms with E-state index in [4.69, 9.17) is 4.74 Å². The van der Waals surface area contributed by atoms with E-state index >= 15 is 0 Å². The molecule has 1 aromatic carbocycles. The fraction of sp³-hybridized carbons (Fsp3) is 0.474. The fourth-order valence-corrected chi connectivity index (χ4v) is 3.22. The Bertz CT molecular complexity index is 675. The van der Waals surface area contributed by atoms with Gasteiger partial charge in [-0.05, 0) is 26.2 Å². The molecule has 0 unspecified atom stereocenters. The van der Waals surface area contributed by atoms with Gasteiger partial charge in [0.1, 0.15) is 5.69 Å². The normalized spacial score (nSPS) is 17.2. The largest absolute Gasteiger partial charge is 0.376 e. The topological polar surface area (TPSA) is 58.2 Å². The Balaban J connectivity index is 1.81. The Hall–Kier alpha value is -2.14. The lowest BCUT2D eigenvalue weighted by Gasteiger charge is -2.24. The molecule has 2 heterocycles. The average Bonchev–Trinajstić information content (AvgIpc) is 3.24. The number of carbonyl (C=O) groups excluding carboxylic acids is 1. The number of benzene rings is 1. The SMILES string of the molecule is CCCN(C[C@H]1CCCO1)C(=O)c1[nH]nc(-c2ccccc2)c1C. The summed E-state index contributed by atoms with van der Waals surface area (Å²) in [5, 5.41) is 7.33. The maximum absolute atomic E-state index is 13.0. The van der Waals surface area contributed by atoms with Crippen LogP contribution in [0.1, 0.15) is 42.2 Å². The Kier molecular flexibility index (Phi) is 5.30. The number of ether oxygens (including phenoxy) is 1. The lowest BCUT2D eigenvalue weighted by molar-refractivity contribution is 0.0521. The first kappa shape index (κ1) is 16.7. The number of aromatic nitrogens is 2. The van der Waals surface area contributed by atoms with Gasteiger partial charge in [0, 0.05) is 30.8 Å². The zero-order valence-electron chi connectivity index (χ0n) is 14.4. The molecule has 1 aromatic heterocycles. The summed E-state index contributed by atoms with van der Waals surface area (Å²) in [4.78, 5) is 14.9. The first-order valence-corrected chi connectivity index (χ1v) is 8.72. The third kappa shape index (κ3) is 3.51. The van der Waals surface area contributed by atoms with Crippen LogP contribution in [0, 0.1) is 6.92 Å². The summed E-state index contributed by atoms with van der Waals surface area (Å²) in [7, 11) is 0. The second-order valence-corrected chi connectivity index (χ2v) is 6.32. The van der Waals surface area contributed by atoms with Crippen LogP contribution >= 0.6 is 0 Å². The highest BCUT2D eigenvalue weighted by molar-refractivity contribution is 5.95. The molecule has 3 rings (SSSR count). The number of H-pyrrole nitrogens is 1. The van der Waals surface area contributed by atoms with Crippen molar-refractivity contribution in [2.45, 2.75) is 39.2 Å². The van der Waals surface area contributed by atoms with E-state index in [-0.39, 0.29) is 12.0 Å². The van der Waals surface area contributed by atoms with Crippen molar-refractivity contribution in [3.8, 4) is 11.3 Å².